The Balaban J connectivity index is 1.54. The van der Waals surface area contributed by atoms with E-state index < -0.39 is 0 Å². The fourth-order valence-electron chi connectivity index (χ4n) is 3.23. The van der Waals surface area contributed by atoms with Crippen LogP contribution in [0.1, 0.15) is 16.7 Å². The van der Waals surface area contributed by atoms with Crippen molar-refractivity contribution in [3.8, 4) is 0 Å². The third-order valence-electron chi connectivity index (χ3n) is 4.50. The van der Waals surface area contributed by atoms with Crippen LogP contribution in [-0.2, 0) is 19.6 Å². The van der Waals surface area contributed by atoms with Gasteiger partial charge in [0, 0.05) is 49.1 Å². The molecule has 0 aliphatic rings. The van der Waals surface area contributed by atoms with E-state index in [0.29, 0.717) is 0 Å². The number of aromatic nitrogens is 2. The van der Waals surface area contributed by atoms with Gasteiger partial charge in [0.05, 0.1) is 0 Å². The lowest BCUT2D eigenvalue weighted by molar-refractivity contribution is 0.626. The fourth-order valence-corrected chi connectivity index (χ4v) is 3.23. The summed E-state index contributed by atoms with van der Waals surface area (Å²) in [5, 5.41) is 4.74. The van der Waals surface area contributed by atoms with E-state index in [4.69, 9.17) is 0 Å². The van der Waals surface area contributed by atoms with Crippen molar-refractivity contribution in [2.75, 3.05) is 0 Å². The molecule has 2 aromatic carbocycles. The van der Waals surface area contributed by atoms with Crippen LogP contribution < -0.4 is 5.32 Å². The molecule has 0 amide bonds. The Bertz CT molecular complexity index is 991. The Morgan fingerprint density at radius 2 is 1.73 bits per heavy atom. The summed E-state index contributed by atoms with van der Waals surface area (Å²) in [6, 6.07) is 19.1. The van der Waals surface area contributed by atoms with E-state index in [1.807, 2.05) is 24.4 Å². The second kappa shape index (κ2) is 7.50. The molecule has 0 unspecified atom stereocenters. The lowest BCUT2D eigenvalue weighted by Gasteiger charge is -2.05. The van der Waals surface area contributed by atoms with Crippen molar-refractivity contribution in [1.29, 1.82) is 0 Å². The predicted octanol–water partition coefficient (Wildman–Crippen LogP) is 4.51. The summed E-state index contributed by atoms with van der Waals surface area (Å²) in [7, 11) is 0. The lowest BCUT2D eigenvalue weighted by atomic mass is 10.1. The Hall–Kier alpha value is -2.98. The number of para-hydroxylation sites is 1. The molecule has 0 spiro atoms. The number of fused-ring (bicyclic) bond motifs is 1. The highest BCUT2D eigenvalue weighted by atomic mass is 19.1. The Morgan fingerprint density at radius 3 is 2.54 bits per heavy atom. The molecule has 0 saturated carbocycles. The molecule has 0 fully saturated rings. The minimum atomic E-state index is -0.202. The number of rotatable bonds is 6. The maximum absolute atomic E-state index is 13.1. The Labute approximate surface area is 152 Å². The van der Waals surface area contributed by atoms with Crippen LogP contribution >= 0.6 is 0 Å². The van der Waals surface area contributed by atoms with Crippen molar-refractivity contribution in [1.82, 2.24) is 14.9 Å². The van der Waals surface area contributed by atoms with Crippen LogP contribution in [0.15, 0.2) is 79.3 Å². The summed E-state index contributed by atoms with van der Waals surface area (Å²) in [6.07, 6.45) is 5.85. The van der Waals surface area contributed by atoms with Gasteiger partial charge in [-0.05, 0) is 41.0 Å². The van der Waals surface area contributed by atoms with Gasteiger partial charge >= 0.3 is 0 Å². The molecular weight excluding hydrogens is 325 g/mol. The quantitative estimate of drug-likeness (QED) is 0.557. The molecule has 4 rings (SSSR count). The second-order valence-electron chi connectivity index (χ2n) is 6.39. The van der Waals surface area contributed by atoms with Crippen LogP contribution in [0.2, 0.25) is 0 Å². The normalized spacial score (nSPS) is 11.1. The summed E-state index contributed by atoms with van der Waals surface area (Å²) < 4.78 is 15.4. The van der Waals surface area contributed by atoms with Gasteiger partial charge in [-0.2, -0.15) is 0 Å². The highest BCUT2D eigenvalue weighted by Crippen LogP contribution is 2.22. The molecular formula is C22H20FN3. The number of benzene rings is 2. The van der Waals surface area contributed by atoms with Crippen LogP contribution in [0.5, 0.6) is 0 Å². The first-order valence-corrected chi connectivity index (χ1v) is 8.70. The third kappa shape index (κ3) is 3.65. The predicted molar refractivity (Wildman–Crippen MR) is 102 cm³/mol. The lowest BCUT2D eigenvalue weighted by Crippen LogP contribution is -2.12. The van der Waals surface area contributed by atoms with Gasteiger partial charge < -0.3 is 9.88 Å². The smallest absolute Gasteiger partial charge is 0.123 e. The van der Waals surface area contributed by atoms with Crippen LogP contribution in [0.25, 0.3) is 10.9 Å². The molecule has 3 nitrogen and oxygen atoms in total. The summed E-state index contributed by atoms with van der Waals surface area (Å²) >= 11 is 0. The number of pyridine rings is 1. The van der Waals surface area contributed by atoms with E-state index in [2.05, 4.69) is 51.4 Å². The van der Waals surface area contributed by atoms with Gasteiger partial charge in [-0.25, -0.2) is 4.39 Å². The molecule has 0 saturated heterocycles. The topological polar surface area (TPSA) is 29.9 Å². The van der Waals surface area contributed by atoms with Crippen molar-refractivity contribution < 1.29 is 4.39 Å². The maximum atomic E-state index is 13.1. The number of halogens is 1. The van der Waals surface area contributed by atoms with Crippen LogP contribution in [0.3, 0.4) is 0 Å². The first kappa shape index (κ1) is 16.5. The van der Waals surface area contributed by atoms with Crippen molar-refractivity contribution >= 4 is 10.9 Å². The van der Waals surface area contributed by atoms with Gasteiger partial charge in [0.15, 0.2) is 0 Å². The summed E-state index contributed by atoms with van der Waals surface area (Å²) in [4.78, 5) is 4.15. The third-order valence-corrected chi connectivity index (χ3v) is 4.50. The molecule has 26 heavy (non-hydrogen) atoms. The van der Waals surface area contributed by atoms with Crippen molar-refractivity contribution in [3.05, 3.63) is 102 Å². The van der Waals surface area contributed by atoms with E-state index in [1.165, 1.54) is 34.2 Å². The molecule has 4 aromatic rings. The first-order chi connectivity index (χ1) is 12.8. The van der Waals surface area contributed by atoms with Crippen molar-refractivity contribution in [3.63, 3.8) is 0 Å². The molecule has 4 heteroatoms. The fraction of sp³-hybridized carbons (Fsp3) is 0.136. The molecule has 0 aliphatic carbocycles. The molecule has 2 heterocycles. The second-order valence-corrected chi connectivity index (χ2v) is 6.39. The van der Waals surface area contributed by atoms with Crippen molar-refractivity contribution in [2.45, 2.75) is 19.6 Å². The summed E-state index contributed by atoms with van der Waals surface area (Å²) in [6.45, 7) is 2.29. The summed E-state index contributed by atoms with van der Waals surface area (Å²) in [5.74, 6) is -0.202. The van der Waals surface area contributed by atoms with E-state index in [-0.39, 0.29) is 5.82 Å². The number of hydrogen-bond donors (Lipinski definition) is 1. The van der Waals surface area contributed by atoms with E-state index >= 15 is 0 Å². The van der Waals surface area contributed by atoms with Crippen LogP contribution in [0, 0.1) is 5.82 Å². The standard InChI is InChI=1S/C22H20FN3/c23-20-9-7-17(8-10-20)15-26-16-19(21-5-1-2-6-22(21)26)14-25-13-18-4-3-11-24-12-18/h1-12,16,25H,13-15H2. The monoisotopic (exact) mass is 345 g/mol. The molecule has 0 atom stereocenters. The minimum Gasteiger partial charge on any atom is -0.343 e. The molecule has 0 aliphatic heterocycles. The Kier molecular flexibility index (Phi) is 4.75. The van der Waals surface area contributed by atoms with Gasteiger partial charge in [-0.1, -0.05) is 36.4 Å². The average molecular weight is 345 g/mol. The van der Waals surface area contributed by atoms with E-state index in [0.717, 1.165) is 25.2 Å². The molecule has 1 N–H and O–H groups in total. The molecule has 130 valence electrons. The van der Waals surface area contributed by atoms with Crippen LogP contribution in [-0.4, -0.2) is 9.55 Å². The van der Waals surface area contributed by atoms with Gasteiger partial charge in [-0.3, -0.25) is 4.98 Å². The zero-order chi connectivity index (χ0) is 17.8. The van der Waals surface area contributed by atoms with Gasteiger partial charge in [0.25, 0.3) is 0 Å². The maximum Gasteiger partial charge on any atom is 0.123 e. The highest BCUT2D eigenvalue weighted by molar-refractivity contribution is 5.84. The molecule has 0 radical (unpaired) electrons. The van der Waals surface area contributed by atoms with Crippen LogP contribution in [0.4, 0.5) is 4.39 Å². The Morgan fingerprint density at radius 1 is 0.885 bits per heavy atom. The zero-order valence-electron chi connectivity index (χ0n) is 14.4. The highest BCUT2D eigenvalue weighted by Gasteiger charge is 2.08. The average Bonchev–Trinajstić information content (AvgIpc) is 3.02. The van der Waals surface area contributed by atoms with E-state index in [9.17, 15) is 4.39 Å². The van der Waals surface area contributed by atoms with Gasteiger partial charge in [-0.15, -0.1) is 0 Å². The number of nitrogens with zero attached hydrogens (tertiary/aromatic N) is 2. The molecule has 0 bridgehead atoms. The zero-order valence-corrected chi connectivity index (χ0v) is 14.4. The molecule has 2 aromatic heterocycles. The van der Waals surface area contributed by atoms with Crippen molar-refractivity contribution in [2.24, 2.45) is 0 Å². The van der Waals surface area contributed by atoms with Gasteiger partial charge in [0.1, 0.15) is 5.82 Å². The SMILES string of the molecule is Fc1ccc(Cn2cc(CNCc3cccnc3)c3ccccc32)cc1. The first-order valence-electron chi connectivity index (χ1n) is 8.70. The van der Waals surface area contributed by atoms with E-state index in [1.54, 1.807) is 6.20 Å². The van der Waals surface area contributed by atoms with Gasteiger partial charge in [0.2, 0.25) is 0 Å². The number of nitrogens with one attached hydrogen (secondary N) is 1. The minimum absolute atomic E-state index is 0.202. The largest absolute Gasteiger partial charge is 0.343 e. The number of hydrogen-bond acceptors (Lipinski definition) is 2. The summed E-state index contributed by atoms with van der Waals surface area (Å²) in [5.41, 5.74) is 4.70.